The molecule has 0 atom stereocenters. The lowest BCUT2D eigenvalue weighted by molar-refractivity contribution is -0.118. The van der Waals surface area contributed by atoms with Crippen LogP contribution < -0.4 is 5.32 Å². The second kappa shape index (κ2) is 10.3. The molecule has 5 heteroatoms. The van der Waals surface area contributed by atoms with Gasteiger partial charge in [0.25, 0.3) is 0 Å². The van der Waals surface area contributed by atoms with Crippen molar-refractivity contribution in [2.24, 2.45) is 0 Å². The second-order valence-electron chi connectivity index (χ2n) is 3.87. The Morgan fingerprint density at radius 1 is 1.06 bits per heavy atom. The number of aliphatic hydroxyl groups excluding tert-OH is 3. The molecular weight excluding hydrogens is 222 g/mol. The number of unbranched alkanes of at least 4 members (excludes halogenated alkanes) is 3. The van der Waals surface area contributed by atoms with Crippen LogP contribution in [-0.2, 0) is 4.79 Å². The van der Waals surface area contributed by atoms with Gasteiger partial charge in [0.1, 0.15) is 6.73 Å². The van der Waals surface area contributed by atoms with Gasteiger partial charge in [-0.2, -0.15) is 0 Å². The van der Waals surface area contributed by atoms with Crippen LogP contribution in [0.25, 0.3) is 0 Å². The van der Waals surface area contributed by atoms with E-state index in [1.54, 1.807) is 0 Å². The molecule has 5 nitrogen and oxygen atoms in total. The van der Waals surface area contributed by atoms with Gasteiger partial charge in [0.2, 0.25) is 5.91 Å². The first-order chi connectivity index (χ1) is 8.21. The Morgan fingerprint density at radius 3 is 2.18 bits per heavy atom. The van der Waals surface area contributed by atoms with Crippen molar-refractivity contribution in [3.63, 3.8) is 0 Å². The van der Waals surface area contributed by atoms with Crippen molar-refractivity contribution >= 4 is 5.91 Å². The van der Waals surface area contributed by atoms with Gasteiger partial charge >= 0.3 is 0 Å². The molecule has 0 aliphatic heterocycles. The van der Waals surface area contributed by atoms with Gasteiger partial charge in [0.15, 0.2) is 0 Å². The van der Waals surface area contributed by atoms with E-state index in [1.165, 1.54) is 0 Å². The van der Waals surface area contributed by atoms with Crippen molar-refractivity contribution in [1.29, 1.82) is 0 Å². The first kappa shape index (κ1) is 16.1. The summed E-state index contributed by atoms with van der Waals surface area (Å²) in [6, 6.07) is 0. The zero-order valence-electron chi connectivity index (χ0n) is 10.4. The van der Waals surface area contributed by atoms with E-state index >= 15 is 0 Å². The Labute approximate surface area is 102 Å². The molecule has 1 amide bonds. The van der Waals surface area contributed by atoms with Crippen LogP contribution in [0.4, 0.5) is 0 Å². The lowest BCUT2D eigenvalue weighted by atomic mass is 10.0. The van der Waals surface area contributed by atoms with Gasteiger partial charge in [-0.05, 0) is 18.4 Å². The molecule has 100 valence electrons. The van der Waals surface area contributed by atoms with Gasteiger partial charge in [0.05, 0.1) is 13.2 Å². The number of rotatable bonds is 9. The summed E-state index contributed by atoms with van der Waals surface area (Å²) in [4.78, 5) is 11.6. The van der Waals surface area contributed by atoms with E-state index in [4.69, 9.17) is 15.3 Å². The predicted octanol–water partition coefficient (Wildman–Crippen LogP) is 0.304. The lowest BCUT2D eigenvalue weighted by Crippen LogP contribution is -2.27. The highest BCUT2D eigenvalue weighted by Gasteiger charge is 2.13. The Hall–Kier alpha value is -0.910. The highest BCUT2D eigenvalue weighted by Crippen LogP contribution is 2.14. The Kier molecular flexibility index (Phi) is 9.71. The summed E-state index contributed by atoms with van der Waals surface area (Å²) in [5, 5.41) is 29.0. The van der Waals surface area contributed by atoms with Gasteiger partial charge in [0, 0.05) is 5.57 Å². The maximum absolute atomic E-state index is 11.6. The van der Waals surface area contributed by atoms with Crippen molar-refractivity contribution in [2.45, 2.75) is 39.0 Å². The average molecular weight is 245 g/mol. The predicted molar refractivity (Wildman–Crippen MR) is 65.2 cm³/mol. The van der Waals surface area contributed by atoms with Crippen molar-refractivity contribution in [1.82, 2.24) is 5.32 Å². The number of carbonyl (C=O) groups excluding carboxylic acids is 1. The van der Waals surface area contributed by atoms with E-state index in [1.807, 2.05) is 0 Å². The molecule has 0 unspecified atom stereocenters. The van der Waals surface area contributed by atoms with Crippen LogP contribution in [-0.4, -0.2) is 41.2 Å². The van der Waals surface area contributed by atoms with Crippen LogP contribution in [0.1, 0.15) is 39.0 Å². The summed E-state index contributed by atoms with van der Waals surface area (Å²) in [5.41, 5.74) is 0.715. The van der Waals surface area contributed by atoms with E-state index in [0.29, 0.717) is 17.6 Å². The minimum Gasteiger partial charge on any atom is -0.392 e. The third-order valence-corrected chi connectivity index (χ3v) is 2.60. The van der Waals surface area contributed by atoms with Gasteiger partial charge in [-0.25, -0.2) is 0 Å². The monoisotopic (exact) mass is 245 g/mol. The number of carbonyl (C=O) groups is 1. The molecule has 0 rings (SSSR count). The smallest absolute Gasteiger partial charge is 0.249 e. The molecule has 0 saturated carbocycles. The quantitative estimate of drug-likeness (QED) is 0.267. The van der Waals surface area contributed by atoms with E-state index < -0.39 is 12.6 Å². The number of hydrogen-bond donors (Lipinski definition) is 4. The first-order valence-corrected chi connectivity index (χ1v) is 6.02. The maximum atomic E-state index is 11.6. The van der Waals surface area contributed by atoms with Crippen molar-refractivity contribution < 1.29 is 20.1 Å². The van der Waals surface area contributed by atoms with Crippen LogP contribution in [0.2, 0.25) is 0 Å². The highest BCUT2D eigenvalue weighted by molar-refractivity contribution is 5.94. The molecule has 0 aliphatic carbocycles. The number of nitrogens with one attached hydrogen (secondary N) is 1. The van der Waals surface area contributed by atoms with E-state index in [2.05, 4.69) is 12.2 Å². The lowest BCUT2D eigenvalue weighted by Gasteiger charge is -2.11. The average Bonchev–Trinajstić information content (AvgIpc) is 2.33. The summed E-state index contributed by atoms with van der Waals surface area (Å²) < 4.78 is 0. The van der Waals surface area contributed by atoms with Crippen LogP contribution in [0.5, 0.6) is 0 Å². The van der Waals surface area contributed by atoms with Gasteiger partial charge in [-0.15, -0.1) is 0 Å². The van der Waals surface area contributed by atoms with Crippen LogP contribution >= 0.6 is 0 Å². The third kappa shape index (κ3) is 6.41. The molecule has 4 N–H and O–H groups in total. The molecule has 0 aromatic heterocycles. The van der Waals surface area contributed by atoms with E-state index in [0.717, 1.165) is 25.7 Å². The zero-order valence-corrected chi connectivity index (χ0v) is 10.4. The Morgan fingerprint density at radius 2 is 1.71 bits per heavy atom. The normalized spacial score (nSPS) is 10.1. The fourth-order valence-corrected chi connectivity index (χ4v) is 1.60. The second-order valence-corrected chi connectivity index (χ2v) is 3.87. The van der Waals surface area contributed by atoms with Gasteiger partial charge in [-0.3, -0.25) is 4.79 Å². The summed E-state index contributed by atoms with van der Waals surface area (Å²) in [7, 11) is 0. The minimum absolute atomic E-state index is 0.326. The molecule has 0 spiro atoms. The molecule has 0 radical (unpaired) electrons. The molecule has 0 aromatic carbocycles. The summed E-state index contributed by atoms with van der Waals surface area (Å²) >= 11 is 0. The molecular formula is C12H23NO4. The fourth-order valence-electron chi connectivity index (χ4n) is 1.60. The molecule has 0 fully saturated rings. The molecule has 0 heterocycles. The Bertz CT molecular complexity index is 245. The minimum atomic E-state index is -0.443. The first-order valence-electron chi connectivity index (χ1n) is 6.02. The number of hydrogen-bond acceptors (Lipinski definition) is 4. The van der Waals surface area contributed by atoms with Crippen molar-refractivity contribution in [3.8, 4) is 0 Å². The summed E-state index contributed by atoms with van der Waals surface area (Å²) in [5.74, 6) is -0.415. The molecule has 0 bridgehead atoms. The SMILES string of the molecule is CCCCCCC(C(=O)NCO)=C(CO)CO. The van der Waals surface area contributed by atoms with Crippen LogP contribution in [0, 0.1) is 0 Å². The summed E-state index contributed by atoms with van der Waals surface area (Å²) in [6.07, 6.45) is 4.57. The highest BCUT2D eigenvalue weighted by atomic mass is 16.3. The van der Waals surface area contributed by atoms with E-state index in [-0.39, 0.29) is 13.2 Å². The third-order valence-electron chi connectivity index (χ3n) is 2.60. The molecule has 0 saturated heterocycles. The number of aliphatic hydroxyl groups is 3. The van der Waals surface area contributed by atoms with Crippen LogP contribution in [0.3, 0.4) is 0 Å². The maximum Gasteiger partial charge on any atom is 0.249 e. The fraction of sp³-hybridized carbons (Fsp3) is 0.750. The molecule has 17 heavy (non-hydrogen) atoms. The molecule has 0 aliphatic rings. The largest absolute Gasteiger partial charge is 0.392 e. The van der Waals surface area contributed by atoms with Gasteiger partial charge < -0.3 is 20.6 Å². The van der Waals surface area contributed by atoms with Crippen molar-refractivity contribution in [2.75, 3.05) is 19.9 Å². The van der Waals surface area contributed by atoms with E-state index in [9.17, 15) is 4.79 Å². The molecule has 0 aromatic rings. The van der Waals surface area contributed by atoms with Gasteiger partial charge in [-0.1, -0.05) is 26.2 Å². The standard InChI is InChI=1S/C12H23NO4/c1-2-3-4-5-6-11(10(7-14)8-15)12(17)13-9-16/h14-16H,2-9H2,1H3,(H,13,17). The number of amides is 1. The summed E-state index contributed by atoms with van der Waals surface area (Å²) in [6.45, 7) is 0.987. The van der Waals surface area contributed by atoms with Crippen molar-refractivity contribution in [3.05, 3.63) is 11.1 Å². The van der Waals surface area contributed by atoms with Crippen LogP contribution in [0.15, 0.2) is 11.1 Å². The topological polar surface area (TPSA) is 89.8 Å². The zero-order chi connectivity index (χ0) is 13.1. The Balaban J connectivity index is 4.50.